The fourth-order valence-corrected chi connectivity index (χ4v) is 1.76. The molecule has 0 radical (unpaired) electrons. The molecule has 0 amide bonds. The summed E-state index contributed by atoms with van der Waals surface area (Å²) in [5, 5.41) is 9.42. The van der Waals surface area contributed by atoms with Crippen molar-refractivity contribution in [2.24, 2.45) is 0 Å². The van der Waals surface area contributed by atoms with Crippen molar-refractivity contribution < 1.29 is 8.78 Å². The molecule has 0 aromatic heterocycles. The first kappa shape index (κ1) is 13.3. The Balaban J connectivity index is 2.35. The van der Waals surface area contributed by atoms with Crippen molar-refractivity contribution in [3.63, 3.8) is 0 Å². The average Bonchev–Trinajstić information content (AvgIpc) is 2.39. The number of hydrogen-bond donors (Lipinski definition) is 0. The minimum absolute atomic E-state index is 0.250. The monoisotopic (exact) mass is 275 g/mol. The summed E-state index contributed by atoms with van der Waals surface area (Å²) in [6.45, 7) is 0. The minimum Gasteiger partial charge on any atom is -0.207 e. The minimum atomic E-state index is -0.649. The highest BCUT2D eigenvalue weighted by Crippen LogP contribution is 2.19. The number of rotatable bonds is 2. The molecule has 0 fully saturated rings. The van der Waals surface area contributed by atoms with Crippen LogP contribution in [-0.4, -0.2) is 0 Å². The van der Waals surface area contributed by atoms with E-state index in [1.165, 1.54) is 24.3 Å². The van der Waals surface area contributed by atoms with Gasteiger partial charge in [0.1, 0.15) is 11.6 Å². The quantitative estimate of drug-likeness (QED) is 0.731. The van der Waals surface area contributed by atoms with Crippen LogP contribution < -0.4 is 0 Å². The molecule has 0 aliphatic carbocycles. The van der Waals surface area contributed by atoms with Crippen LogP contribution >= 0.6 is 11.6 Å². The Kier molecular flexibility index (Phi) is 3.94. The molecule has 0 N–H and O–H groups in total. The zero-order valence-electron chi connectivity index (χ0n) is 9.70. The normalized spacial score (nSPS) is 10.6. The molecule has 0 spiro atoms. The lowest BCUT2D eigenvalue weighted by atomic mass is 10.1. The van der Waals surface area contributed by atoms with Gasteiger partial charge in [-0.1, -0.05) is 29.8 Å². The van der Waals surface area contributed by atoms with Gasteiger partial charge in [0.15, 0.2) is 0 Å². The van der Waals surface area contributed by atoms with Gasteiger partial charge in [-0.3, -0.25) is 0 Å². The van der Waals surface area contributed by atoms with Crippen molar-refractivity contribution in [1.29, 1.82) is 5.26 Å². The molecule has 4 heteroatoms. The number of hydrogen-bond acceptors (Lipinski definition) is 1. The van der Waals surface area contributed by atoms with E-state index >= 15 is 0 Å². The van der Waals surface area contributed by atoms with E-state index in [9.17, 15) is 8.78 Å². The largest absolute Gasteiger partial charge is 0.207 e. The molecule has 1 nitrogen and oxygen atoms in total. The Labute approximate surface area is 114 Å². The van der Waals surface area contributed by atoms with Gasteiger partial charge >= 0.3 is 0 Å². The van der Waals surface area contributed by atoms with E-state index in [-0.39, 0.29) is 5.56 Å². The number of nitriles is 1. The summed E-state index contributed by atoms with van der Waals surface area (Å²) in [6.07, 6.45) is 3.07. The topological polar surface area (TPSA) is 23.8 Å². The molecular formula is C15H8ClF2N. The third-order valence-corrected chi connectivity index (χ3v) is 2.78. The Hall–Kier alpha value is -2.18. The maximum atomic E-state index is 13.4. The highest BCUT2D eigenvalue weighted by molar-refractivity contribution is 6.30. The molecule has 0 heterocycles. The lowest BCUT2D eigenvalue weighted by molar-refractivity contribution is 0.581. The Bertz CT molecular complexity index is 687. The second-order valence-corrected chi connectivity index (χ2v) is 4.28. The zero-order valence-corrected chi connectivity index (χ0v) is 10.5. The first-order valence-corrected chi connectivity index (χ1v) is 5.81. The lowest BCUT2D eigenvalue weighted by Gasteiger charge is -2.00. The van der Waals surface area contributed by atoms with Crippen molar-refractivity contribution in [3.05, 3.63) is 69.7 Å². The van der Waals surface area contributed by atoms with E-state index in [0.717, 1.165) is 6.07 Å². The van der Waals surface area contributed by atoms with Gasteiger partial charge in [0, 0.05) is 16.7 Å². The van der Waals surface area contributed by atoms with Crippen LogP contribution in [0.4, 0.5) is 8.78 Å². The van der Waals surface area contributed by atoms with Crippen molar-refractivity contribution in [1.82, 2.24) is 0 Å². The standard InChI is InChI=1S/C15H8ClF2N/c16-13-5-3-10(12(7-13)9-19)1-2-11-4-6-14(17)8-15(11)18/h1-8H/b2-1+. The highest BCUT2D eigenvalue weighted by Gasteiger charge is 2.02. The lowest BCUT2D eigenvalue weighted by Crippen LogP contribution is -1.85. The summed E-state index contributed by atoms with van der Waals surface area (Å²) >= 11 is 5.78. The van der Waals surface area contributed by atoms with Gasteiger partial charge in [0.05, 0.1) is 11.6 Å². The Morgan fingerprint density at radius 2 is 1.68 bits per heavy atom. The maximum Gasteiger partial charge on any atom is 0.133 e. The molecule has 94 valence electrons. The van der Waals surface area contributed by atoms with Gasteiger partial charge in [-0.2, -0.15) is 5.26 Å². The molecule has 2 rings (SSSR count). The number of halogens is 3. The fourth-order valence-electron chi connectivity index (χ4n) is 1.59. The van der Waals surface area contributed by atoms with E-state index in [0.29, 0.717) is 16.1 Å². The van der Waals surface area contributed by atoms with Crippen LogP contribution in [0.15, 0.2) is 36.4 Å². The molecule has 0 atom stereocenters. The zero-order chi connectivity index (χ0) is 13.8. The summed E-state index contributed by atoms with van der Waals surface area (Å²) in [5.41, 5.74) is 1.27. The Morgan fingerprint density at radius 3 is 2.37 bits per heavy atom. The molecule has 0 aliphatic rings. The van der Waals surface area contributed by atoms with Crippen molar-refractivity contribution in [2.45, 2.75) is 0 Å². The van der Waals surface area contributed by atoms with Crippen LogP contribution in [0, 0.1) is 23.0 Å². The Morgan fingerprint density at radius 1 is 1.00 bits per heavy atom. The molecule has 2 aromatic rings. The summed E-state index contributed by atoms with van der Waals surface area (Å²) in [4.78, 5) is 0. The molecule has 0 saturated carbocycles. The summed E-state index contributed by atoms with van der Waals surface area (Å²) in [7, 11) is 0. The molecule has 0 aliphatic heterocycles. The van der Waals surface area contributed by atoms with Crippen LogP contribution in [0.3, 0.4) is 0 Å². The van der Waals surface area contributed by atoms with E-state index < -0.39 is 11.6 Å². The van der Waals surface area contributed by atoms with Gasteiger partial charge < -0.3 is 0 Å². The summed E-state index contributed by atoms with van der Waals surface area (Å²) < 4.78 is 26.2. The summed E-state index contributed by atoms with van der Waals surface area (Å²) in [5.74, 6) is -1.28. The predicted molar refractivity (Wildman–Crippen MR) is 71.5 cm³/mol. The molecular weight excluding hydrogens is 268 g/mol. The number of nitrogens with zero attached hydrogens (tertiary/aromatic N) is 1. The summed E-state index contributed by atoms with van der Waals surface area (Å²) in [6, 6.07) is 10.2. The first-order valence-electron chi connectivity index (χ1n) is 5.43. The van der Waals surface area contributed by atoms with E-state index in [1.54, 1.807) is 18.2 Å². The number of benzene rings is 2. The fraction of sp³-hybridized carbons (Fsp3) is 0. The van der Waals surface area contributed by atoms with Crippen LogP contribution in [0.1, 0.15) is 16.7 Å². The third-order valence-electron chi connectivity index (χ3n) is 2.54. The second kappa shape index (κ2) is 5.64. The molecule has 0 saturated heterocycles. The smallest absolute Gasteiger partial charge is 0.133 e. The molecule has 0 unspecified atom stereocenters. The van der Waals surface area contributed by atoms with Crippen LogP contribution in [0.25, 0.3) is 12.2 Å². The third kappa shape index (κ3) is 3.18. The van der Waals surface area contributed by atoms with Crippen molar-refractivity contribution >= 4 is 23.8 Å². The molecule has 19 heavy (non-hydrogen) atoms. The van der Waals surface area contributed by atoms with E-state index in [2.05, 4.69) is 0 Å². The van der Waals surface area contributed by atoms with Gasteiger partial charge in [-0.25, -0.2) is 8.78 Å². The maximum absolute atomic E-state index is 13.4. The molecule has 0 bridgehead atoms. The SMILES string of the molecule is N#Cc1cc(Cl)ccc1/C=C/c1ccc(F)cc1F. The van der Waals surface area contributed by atoms with Crippen molar-refractivity contribution in [3.8, 4) is 6.07 Å². The predicted octanol–water partition coefficient (Wildman–Crippen LogP) is 4.66. The van der Waals surface area contributed by atoms with Crippen LogP contribution in [-0.2, 0) is 0 Å². The van der Waals surface area contributed by atoms with Gasteiger partial charge in [0.25, 0.3) is 0 Å². The first-order chi connectivity index (χ1) is 9.10. The van der Waals surface area contributed by atoms with Crippen LogP contribution in [0.2, 0.25) is 5.02 Å². The second-order valence-electron chi connectivity index (χ2n) is 3.84. The van der Waals surface area contributed by atoms with Gasteiger partial charge in [-0.05, 0) is 29.8 Å². The van der Waals surface area contributed by atoms with Gasteiger partial charge in [0.2, 0.25) is 0 Å². The van der Waals surface area contributed by atoms with E-state index in [1.807, 2.05) is 6.07 Å². The van der Waals surface area contributed by atoms with Crippen molar-refractivity contribution in [2.75, 3.05) is 0 Å². The average molecular weight is 276 g/mol. The molecule has 2 aromatic carbocycles. The van der Waals surface area contributed by atoms with Crippen LogP contribution in [0.5, 0.6) is 0 Å². The van der Waals surface area contributed by atoms with Gasteiger partial charge in [-0.15, -0.1) is 0 Å². The van der Waals surface area contributed by atoms with E-state index in [4.69, 9.17) is 16.9 Å². The highest BCUT2D eigenvalue weighted by atomic mass is 35.5.